The normalized spacial score (nSPS) is 10.4. The van der Waals surface area contributed by atoms with Gasteiger partial charge in [0.25, 0.3) is 0 Å². The van der Waals surface area contributed by atoms with Gasteiger partial charge in [0.1, 0.15) is 0 Å². The van der Waals surface area contributed by atoms with Crippen molar-refractivity contribution < 1.29 is 19.1 Å². The van der Waals surface area contributed by atoms with E-state index >= 15 is 0 Å². The molecule has 19 heavy (non-hydrogen) atoms. The molecule has 98 valence electrons. The maximum atomic E-state index is 12.0. The average Bonchev–Trinajstić information content (AvgIpc) is 2.75. The van der Waals surface area contributed by atoms with E-state index in [0.717, 1.165) is 12.6 Å². The first-order valence-electron chi connectivity index (χ1n) is 5.60. The number of esters is 1. The molecule has 6 heteroatoms. The van der Waals surface area contributed by atoms with Gasteiger partial charge in [-0.1, -0.05) is 12.1 Å². The molecule has 1 heterocycles. The minimum Gasteiger partial charge on any atom is -0.463 e. The molecule has 0 aliphatic carbocycles. The Morgan fingerprint density at radius 2 is 1.95 bits per heavy atom. The van der Waals surface area contributed by atoms with Crippen LogP contribution in [0.1, 0.15) is 17.0 Å². The Balaban J connectivity index is 2.29. The lowest BCUT2D eigenvalue weighted by Crippen LogP contribution is -2.20. The number of carbonyl (C=O) groups excluding carboxylic acids is 3. The number of ether oxygens (including phenoxy) is 1. The van der Waals surface area contributed by atoms with Gasteiger partial charge in [-0.3, -0.25) is 9.59 Å². The average molecular weight is 260 g/mol. The Kier molecular flexibility index (Phi) is 3.41. The lowest BCUT2D eigenvalue weighted by atomic mass is 10.2. The molecule has 0 saturated carbocycles. The monoisotopic (exact) mass is 260 g/mol. The number of rotatable bonds is 4. The van der Waals surface area contributed by atoms with E-state index in [0.29, 0.717) is 5.52 Å². The number of aryl methyl sites for hydroxylation is 1. The van der Waals surface area contributed by atoms with Crippen LogP contribution >= 0.6 is 0 Å². The first-order valence-corrected chi connectivity index (χ1v) is 5.60. The number of aromatic nitrogens is 2. The van der Waals surface area contributed by atoms with Crippen LogP contribution < -0.4 is 0 Å². The fourth-order valence-corrected chi connectivity index (χ4v) is 1.81. The topological polar surface area (TPSA) is 78.3 Å². The number of nitrogens with zero attached hydrogens (tertiary/aromatic N) is 2. The van der Waals surface area contributed by atoms with Gasteiger partial charge in [0.2, 0.25) is 11.6 Å². The second kappa shape index (κ2) is 5.01. The van der Waals surface area contributed by atoms with Crippen LogP contribution in [0.5, 0.6) is 0 Å². The minimum absolute atomic E-state index is 0.151. The highest BCUT2D eigenvalue weighted by atomic mass is 16.5. The zero-order valence-corrected chi connectivity index (χ0v) is 10.5. The molecule has 0 fully saturated rings. The van der Waals surface area contributed by atoms with Crippen molar-refractivity contribution >= 4 is 28.6 Å². The highest BCUT2D eigenvalue weighted by molar-refractivity contribution is 6.37. The van der Waals surface area contributed by atoms with Crippen LogP contribution in [-0.4, -0.2) is 34.2 Å². The number of para-hydroxylation sites is 2. The summed E-state index contributed by atoms with van der Waals surface area (Å²) in [7, 11) is 2.78. The molecule has 0 saturated heterocycles. The molecular weight excluding hydrogens is 248 g/mol. The molecule has 0 radical (unpaired) electrons. The summed E-state index contributed by atoms with van der Waals surface area (Å²) in [6.45, 7) is 0. The van der Waals surface area contributed by atoms with Crippen molar-refractivity contribution in [2.45, 2.75) is 6.42 Å². The smallest absolute Gasteiger partial charge is 0.374 e. The number of ketones is 2. The van der Waals surface area contributed by atoms with Gasteiger partial charge in [0.15, 0.2) is 5.82 Å². The Labute approximate surface area is 109 Å². The van der Waals surface area contributed by atoms with Gasteiger partial charge in [-0.2, -0.15) is 0 Å². The van der Waals surface area contributed by atoms with Crippen molar-refractivity contribution in [1.29, 1.82) is 0 Å². The Morgan fingerprint density at radius 3 is 2.58 bits per heavy atom. The summed E-state index contributed by atoms with van der Waals surface area (Å²) in [6.07, 6.45) is -0.538. The Hall–Kier alpha value is -2.50. The number of Topliss-reactive ketones (excluding diaryl/α,β-unsaturated/α-hetero) is 2. The molecule has 0 N–H and O–H groups in total. The van der Waals surface area contributed by atoms with Gasteiger partial charge in [-0.15, -0.1) is 0 Å². The molecule has 1 aromatic heterocycles. The number of hydrogen-bond acceptors (Lipinski definition) is 5. The van der Waals surface area contributed by atoms with Crippen LogP contribution in [0.25, 0.3) is 11.0 Å². The fourth-order valence-electron chi connectivity index (χ4n) is 1.81. The van der Waals surface area contributed by atoms with Crippen LogP contribution in [0, 0.1) is 0 Å². The number of hydrogen-bond donors (Lipinski definition) is 0. The SMILES string of the molecule is COC(=O)C(=O)CC(=O)c1nc2ccccc2n1C. The summed E-state index contributed by atoms with van der Waals surface area (Å²) in [4.78, 5) is 38.4. The zero-order valence-electron chi connectivity index (χ0n) is 10.5. The summed E-state index contributed by atoms with van der Waals surface area (Å²) in [6, 6.07) is 7.23. The highest BCUT2D eigenvalue weighted by Gasteiger charge is 2.22. The molecule has 0 atom stereocenters. The van der Waals surface area contributed by atoms with E-state index in [4.69, 9.17) is 0 Å². The maximum absolute atomic E-state index is 12.0. The van der Waals surface area contributed by atoms with Crippen molar-refractivity contribution in [3.05, 3.63) is 30.1 Å². The molecule has 1 aromatic carbocycles. The van der Waals surface area contributed by atoms with E-state index < -0.39 is 24.0 Å². The van der Waals surface area contributed by atoms with Crippen molar-refractivity contribution in [3.63, 3.8) is 0 Å². The lowest BCUT2D eigenvalue weighted by molar-refractivity contribution is -0.151. The van der Waals surface area contributed by atoms with Crippen molar-refractivity contribution in [3.8, 4) is 0 Å². The molecule has 0 bridgehead atoms. The standard InChI is InChI=1S/C13H12N2O4/c1-15-9-6-4-3-5-8(9)14-12(15)10(16)7-11(17)13(18)19-2/h3-6H,7H2,1-2H3. The van der Waals surface area contributed by atoms with Crippen LogP contribution in [0.2, 0.25) is 0 Å². The molecule has 2 aromatic rings. The van der Waals surface area contributed by atoms with E-state index in [2.05, 4.69) is 9.72 Å². The largest absolute Gasteiger partial charge is 0.463 e. The van der Waals surface area contributed by atoms with E-state index in [-0.39, 0.29) is 5.82 Å². The van der Waals surface area contributed by atoms with Gasteiger partial charge in [-0.05, 0) is 12.1 Å². The molecule has 6 nitrogen and oxygen atoms in total. The number of methoxy groups -OCH3 is 1. The first kappa shape index (κ1) is 12.9. The predicted molar refractivity (Wildman–Crippen MR) is 66.7 cm³/mol. The summed E-state index contributed by atoms with van der Waals surface area (Å²) in [5.74, 6) is -2.25. The minimum atomic E-state index is -1.02. The number of imidazole rings is 1. The third-order valence-corrected chi connectivity index (χ3v) is 2.77. The molecule has 0 spiro atoms. The van der Waals surface area contributed by atoms with Gasteiger partial charge >= 0.3 is 5.97 Å². The zero-order chi connectivity index (χ0) is 14.0. The summed E-state index contributed by atoms with van der Waals surface area (Å²) in [5, 5.41) is 0. The maximum Gasteiger partial charge on any atom is 0.374 e. The second-order valence-electron chi connectivity index (χ2n) is 4.00. The van der Waals surface area contributed by atoms with Crippen LogP contribution in [0.3, 0.4) is 0 Å². The molecule has 0 amide bonds. The van der Waals surface area contributed by atoms with Crippen LogP contribution in [0.15, 0.2) is 24.3 Å². The lowest BCUT2D eigenvalue weighted by Gasteiger charge is -2.00. The fraction of sp³-hybridized carbons (Fsp3) is 0.231. The van der Waals surface area contributed by atoms with Crippen LogP contribution in [0.4, 0.5) is 0 Å². The van der Waals surface area contributed by atoms with Gasteiger partial charge in [0.05, 0.1) is 24.6 Å². The molecule has 0 aliphatic rings. The van der Waals surface area contributed by atoms with E-state index in [9.17, 15) is 14.4 Å². The number of benzene rings is 1. The van der Waals surface area contributed by atoms with Crippen LogP contribution in [-0.2, 0) is 21.4 Å². The van der Waals surface area contributed by atoms with E-state index in [1.807, 2.05) is 18.2 Å². The highest BCUT2D eigenvalue weighted by Crippen LogP contribution is 2.15. The summed E-state index contributed by atoms with van der Waals surface area (Å²) in [5.41, 5.74) is 1.45. The molecule has 0 unspecified atom stereocenters. The van der Waals surface area contributed by atoms with Gasteiger partial charge in [-0.25, -0.2) is 9.78 Å². The quantitative estimate of drug-likeness (QED) is 0.353. The van der Waals surface area contributed by atoms with Gasteiger partial charge in [0, 0.05) is 7.05 Å². The first-order chi connectivity index (χ1) is 9.04. The number of fused-ring (bicyclic) bond motifs is 1. The summed E-state index contributed by atoms with van der Waals surface area (Å²) >= 11 is 0. The Bertz CT molecular complexity index is 672. The van der Waals surface area contributed by atoms with E-state index in [1.165, 1.54) is 0 Å². The second-order valence-corrected chi connectivity index (χ2v) is 4.00. The summed E-state index contributed by atoms with van der Waals surface area (Å²) < 4.78 is 5.87. The third-order valence-electron chi connectivity index (χ3n) is 2.77. The van der Waals surface area contributed by atoms with Crippen molar-refractivity contribution in [2.24, 2.45) is 7.05 Å². The van der Waals surface area contributed by atoms with Gasteiger partial charge < -0.3 is 9.30 Å². The predicted octanol–water partition coefficient (Wildman–Crippen LogP) is 0.888. The molecule has 0 aliphatic heterocycles. The van der Waals surface area contributed by atoms with Crippen molar-refractivity contribution in [1.82, 2.24) is 9.55 Å². The molecule has 2 rings (SSSR count). The third kappa shape index (κ3) is 2.37. The number of carbonyl (C=O) groups is 3. The molecular formula is C13H12N2O4. The van der Waals surface area contributed by atoms with Crippen molar-refractivity contribution in [2.75, 3.05) is 7.11 Å². The Morgan fingerprint density at radius 1 is 1.26 bits per heavy atom. The van der Waals surface area contributed by atoms with E-state index in [1.54, 1.807) is 17.7 Å².